The number of hydrazone groups is 1. The van der Waals surface area contributed by atoms with E-state index < -0.39 is 0 Å². The van der Waals surface area contributed by atoms with E-state index in [-0.39, 0.29) is 6.03 Å². The number of H-pyrrole nitrogens is 1. The smallest absolute Gasteiger partial charge is 0.349 e. The highest BCUT2D eigenvalue weighted by Gasteiger charge is 2.34. The Morgan fingerprint density at radius 3 is 2.45 bits per heavy atom. The maximum Gasteiger partial charge on any atom is 0.349 e. The Kier molecular flexibility index (Phi) is 9.13. The Hall–Kier alpha value is -5.17. The van der Waals surface area contributed by atoms with Crippen LogP contribution in [0.2, 0.25) is 0 Å². The highest BCUT2D eigenvalue weighted by atomic mass is 16.2. The third kappa shape index (κ3) is 6.85. The van der Waals surface area contributed by atoms with E-state index in [4.69, 9.17) is 5.10 Å². The molecule has 1 aliphatic heterocycles. The Morgan fingerprint density at radius 2 is 1.66 bits per heavy atom. The van der Waals surface area contributed by atoms with Gasteiger partial charge in [0.15, 0.2) is 0 Å². The number of benzene rings is 4. The minimum atomic E-state index is -0.148. The standard InChI is InChI=1S/C40H42N6O/c1-29-18-23-36-37(27-29)46(34-21-19-33(20-22-34)41-24-10-17-38-42-25-26-43-38)40(47)45(44-39(36)31-13-6-3-7-14-31)28-32-15-8-9-16-35(32)30-11-4-2-5-12-30/h2,4-5,8-9,11-12,15-16,18-23,25-27,31,41H,3,6-7,10,13-14,17,24,28H2,1H3,(H,42,43). The van der Waals surface area contributed by atoms with Gasteiger partial charge in [-0.25, -0.2) is 14.8 Å². The number of anilines is 3. The summed E-state index contributed by atoms with van der Waals surface area (Å²) in [6, 6.07) is 33.3. The van der Waals surface area contributed by atoms with E-state index in [0.717, 1.165) is 88.6 Å². The minimum Gasteiger partial charge on any atom is -0.385 e. The van der Waals surface area contributed by atoms with Gasteiger partial charge >= 0.3 is 6.03 Å². The number of urea groups is 1. The van der Waals surface area contributed by atoms with Gasteiger partial charge in [-0.2, -0.15) is 5.10 Å². The second kappa shape index (κ2) is 14.1. The molecule has 47 heavy (non-hydrogen) atoms. The Bertz CT molecular complexity index is 1820. The molecule has 7 heteroatoms. The largest absolute Gasteiger partial charge is 0.385 e. The topological polar surface area (TPSA) is 76.6 Å². The average molecular weight is 623 g/mol. The van der Waals surface area contributed by atoms with Crippen molar-refractivity contribution in [3.05, 3.63) is 132 Å². The van der Waals surface area contributed by atoms with Crippen LogP contribution in [0.25, 0.3) is 11.1 Å². The van der Waals surface area contributed by atoms with Crippen molar-refractivity contribution < 1.29 is 4.79 Å². The summed E-state index contributed by atoms with van der Waals surface area (Å²) in [7, 11) is 0. The number of hydrogen-bond acceptors (Lipinski definition) is 4. The lowest BCUT2D eigenvalue weighted by molar-refractivity contribution is 0.207. The molecular weight excluding hydrogens is 580 g/mol. The van der Waals surface area contributed by atoms with E-state index in [1.165, 1.54) is 19.3 Å². The van der Waals surface area contributed by atoms with Gasteiger partial charge in [-0.15, -0.1) is 0 Å². The molecule has 5 aromatic rings. The van der Waals surface area contributed by atoms with Gasteiger partial charge in [-0.3, -0.25) is 4.90 Å². The van der Waals surface area contributed by atoms with Crippen LogP contribution in [-0.4, -0.2) is 33.3 Å². The summed E-state index contributed by atoms with van der Waals surface area (Å²) in [5.74, 6) is 1.32. The lowest BCUT2D eigenvalue weighted by atomic mass is 9.82. The number of aromatic nitrogens is 2. The minimum absolute atomic E-state index is 0.148. The van der Waals surface area contributed by atoms with Gasteiger partial charge in [0, 0.05) is 42.5 Å². The van der Waals surface area contributed by atoms with Crippen molar-refractivity contribution in [1.29, 1.82) is 0 Å². The van der Waals surface area contributed by atoms with Gasteiger partial charge in [0.2, 0.25) is 0 Å². The molecule has 238 valence electrons. The van der Waals surface area contributed by atoms with Crippen LogP contribution in [0, 0.1) is 12.8 Å². The van der Waals surface area contributed by atoms with Crippen molar-refractivity contribution in [2.24, 2.45) is 11.0 Å². The number of nitrogens with zero attached hydrogens (tertiary/aromatic N) is 4. The predicted octanol–water partition coefficient (Wildman–Crippen LogP) is 9.49. The molecule has 1 fully saturated rings. The van der Waals surface area contributed by atoms with Crippen LogP contribution in [0.1, 0.15) is 61.0 Å². The summed E-state index contributed by atoms with van der Waals surface area (Å²) in [5, 5.41) is 10.5. The first-order chi connectivity index (χ1) is 23.1. The molecule has 0 radical (unpaired) electrons. The molecule has 0 unspecified atom stereocenters. The van der Waals surface area contributed by atoms with Gasteiger partial charge in [-0.05, 0) is 78.8 Å². The number of fused-ring (bicyclic) bond motifs is 1. The van der Waals surface area contributed by atoms with Crippen LogP contribution in [-0.2, 0) is 13.0 Å². The molecule has 0 spiro atoms. The lowest BCUT2D eigenvalue weighted by Gasteiger charge is -2.27. The summed E-state index contributed by atoms with van der Waals surface area (Å²) in [6.45, 7) is 3.30. The van der Waals surface area contributed by atoms with E-state index in [0.29, 0.717) is 12.5 Å². The van der Waals surface area contributed by atoms with Crippen molar-refractivity contribution >= 4 is 28.8 Å². The summed E-state index contributed by atoms with van der Waals surface area (Å²) in [4.78, 5) is 24.2. The van der Waals surface area contributed by atoms with Crippen LogP contribution in [0.15, 0.2) is 115 Å². The van der Waals surface area contributed by atoms with Gasteiger partial charge in [0.05, 0.1) is 23.6 Å². The molecule has 2 amide bonds. The molecular formula is C40H42N6O. The summed E-state index contributed by atoms with van der Waals surface area (Å²) in [5.41, 5.74) is 9.25. The van der Waals surface area contributed by atoms with Crippen molar-refractivity contribution in [2.45, 2.75) is 58.4 Å². The number of carbonyl (C=O) groups is 1. The van der Waals surface area contributed by atoms with Crippen LogP contribution in [0.3, 0.4) is 0 Å². The first-order valence-corrected chi connectivity index (χ1v) is 16.9. The van der Waals surface area contributed by atoms with Crippen LogP contribution < -0.4 is 10.2 Å². The second-order valence-electron chi connectivity index (χ2n) is 12.7. The number of amides is 2. The molecule has 2 heterocycles. The maximum absolute atomic E-state index is 14.8. The number of carbonyl (C=O) groups excluding carboxylic acids is 1. The molecule has 2 aliphatic rings. The van der Waals surface area contributed by atoms with Gasteiger partial charge in [-0.1, -0.05) is 86.0 Å². The fraction of sp³-hybridized carbons (Fsp3) is 0.275. The van der Waals surface area contributed by atoms with Crippen molar-refractivity contribution in [3.8, 4) is 11.1 Å². The van der Waals surface area contributed by atoms with Crippen LogP contribution >= 0.6 is 0 Å². The molecule has 1 aliphatic carbocycles. The number of hydrogen-bond donors (Lipinski definition) is 2. The van der Waals surface area contributed by atoms with E-state index >= 15 is 0 Å². The lowest BCUT2D eigenvalue weighted by Crippen LogP contribution is -2.37. The zero-order valence-corrected chi connectivity index (χ0v) is 27.0. The second-order valence-corrected chi connectivity index (χ2v) is 12.7. The van der Waals surface area contributed by atoms with Crippen LogP contribution in [0.5, 0.6) is 0 Å². The molecule has 0 atom stereocenters. The first kappa shape index (κ1) is 30.5. The fourth-order valence-electron chi connectivity index (χ4n) is 6.89. The zero-order chi connectivity index (χ0) is 32.0. The summed E-state index contributed by atoms with van der Waals surface area (Å²) in [6.07, 6.45) is 11.3. The Morgan fingerprint density at radius 1 is 0.872 bits per heavy atom. The first-order valence-electron chi connectivity index (χ1n) is 16.9. The molecule has 1 saturated carbocycles. The molecule has 4 aromatic carbocycles. The number of rotatable bonds is 10. The van der Waals surface area contributed by atoms with Crippen LogP contribution in [0.4, 0.5) is 21.9 Å². The SMILES string of the molecule is Cc1ccc2c(c1)N(c1ccc(NCCCc3ncc[nH]3)cc1)C(=O)N(Cc1ccccc1-c1ccccc1)N=C2C1CCCCC1. The summed E-state index contributed by atoms with van der Waals surface area (Å²) < 4.78 is 0. The number of imidazole rings is 1. The van der Waals surface area contributed by atoms with Crippen molar-refractivity contribution in [1.82, 2.24) is 15.0 Å². The third-order valence-corrected chi connectivity index (χ3v) is 9.32. The highest BCUT2D eigenvalue weighted by Crippen LogP contribution is 2.39. The number of aryl methyl sites for hydroxylation is 2. The average Bonchev–Trinajstić information content (AvgIpc) is 3.61. The van der Waals surface area contributed by atoms with E-state index in [9.17, 15) is 4.79 Å². The highest BCUT2D eigenvalue weighted by molar-refractivity contribution is 6.14. The predicted molar refractivity (Wildman–Crippen MR) is 191 cm³/mol. The normalized spacial score (nSPS) is 15.3. The number of nitrogens with one attached hydrogen (secondary N) is 2. The molecule has 2 N–H and O–H groups in total. The van der Waals surface area contributed by atoms with Gasteiger partial charge in [0.25, 0.3) is 0 Å². The monoisotopic (exact) mass is 622 g/mol. The quantitative estimate of drug-likeness (QED) is 0.152. The third-order valence-electron chi connectivity index (χ3n) is 9.32. The Labute approximate surface area is 277 Å². The van der Waals surface area contributed by atoms with Crippen molar-refractivity contribution in [2.75, 3.05) is 16.8 Å². The van der Waals surface area contributed by atoms with Crippen molar-refractivity contribution in [3.63, 3.8) is 0 Å². The Balaban J connectivity index is 1.23. The molecule has 0 saturated heterocycles. The zero-order valence-electron chi connectivity index (χ0n) is 27.0. The summed E-state index contributed by atoms with van der Waals surface area (Å²) >= 11 is 0. The molecule has 0 bridgehead atoms. The van der Waals surface area contributed by atoms with E-state index in [1.54, 1.807) is 11.2 Å². The van der Waals surface area contributed by atoms with Gasteiger partial charge < -0.3 is 10.3 Å². The maximum atomic E-state index is 14.8. The van der Waals surface area contributed by atoms with E-state index in [2.05, 4.69) is 95.0 Å². The molecule has 7 nitrogen and oxygen atoms in total. The fourth-order valence-corrected chi connectivity index (χ4v) is 6.89. The van der Waals surface area contributed by atoms with Gasteiger partial charge in [0.1, 0.15) is 5.82 Å². The number of aromatic amines is 1. The molecule has 7 rings (SSSR count). The molecule has 1 aromatic heterocycles. The van der Waals surface area contributed by atoms with E-state index in [1.807, 2.05) is 35.4 Å².